The predicted molar refractivity (Wildman–Crippen MR) is 71.4 cm³/mol. The van der Waals surface area contributed by atoms with Crippen LogP contribution in [0.4, 0.5) is 4.79 Å². The maximum atomic E-state index is 11.2. The van der Waals surface area contributed by atoms with Crippen LogP contribution in [0.1, 0.15) is 28.4 Å². The van der Waals surface area contributed by atoms with Gasteiger partial charge in [-0.15, -0.1) is 6.58 Å². The van der Waals surface area contributed by atoms with Gasteiger partial charge < -0.3 is 16.2 Å². The average molecular weight is 313 g/mol. The summed E-state index contributed by atoms with van der Waals surface area (Å²) in [7, 11) is 0. The van der Waals surface area contributed by atoms with Crippen molar-refractivity contribution in [2.24, 2.45) is 5.73 Å². The molecule has 0 aliphatic carbocycles. The molecular weight excluding hydrogens is 300 g/mol. The molecule has 0 fully saturated rings. The van der Waals surface area contributed by atoms with E-state index in [1.54, 1.807) is 24.3 Å². The van der Waals surface area contributed by atoms with E-state index in [4.69, 9.17) is 10.8 Å². The van der Waals surface area contributed by atoms with E-state index in [0.29, 0.717) is 22.0 Å². The number of halogens is 1. The Labute approximate surface area is 113 Å². The van der Waals surface area contributed by atoms with E-state index >= 15 is 0 Å². The van der Waals surface area contributed by atoms with Crippen molar-refractivity contribution in [1.29, 1.82) is 0 Å². The van der Waals surface area contributed by atoms with Crippen molar-refractivity contribution < 1.29 is 14.7 Å². The van der Waals surface area contributed by atoms with Crippen LogP contribution in [0, 0.1) is 0 Å². The Kier molecular flexibility index (Phi) is 4.91. The van der Waals surface area contributed by atoms with Gasteiger partial charge in [-0.05, 0) is 30.2 Å². The highest BCUT2D eigenvalue weighted by Gasteiger charge is 2.15. The van der Waals surface area contributed by atoms with Crippen molar-refractivity contribution in [3.8, 4) is 0 Å². The summed E-state index contributed by atoms with van der Waals surface area (Å²) >= 11 is 3.26. The second-order valence-corrected chi connectivity index (χ2v) is 4.58. The molecule has 1 aromatic rings. The number of amides is 2. The summed E-state index contributed by atoms with van der Waals surface area (Å²) in [6.07, 6.45) is 0.884. The third-order valence-corrected chi connectivity index (χ3v) is 2.76. The smallest absolute Gasteiger partial charge is 0.405 e. The Hall–Kier alpha value is -1.82. The quantitative estimate of drug-likeness (QED) is 0.729. The number of nitrogens with two attached hydrogens (primary N) is 1. The Morgan fingerprint density at radius 3 is 2.67 bits per heavy atom. The molecule has 0 aromatic heterocycles. The van der Waals surface area contributed by atoms with Crippen molar-refractivity contribution >= 4 is 27.9 Å². The molecule has 1 rings (SSSR count). The number of carboxylic acid groups (broad SMARTS) is 1. The molecule has 0 saturated carbocycles. The molecule has 1 atom stereocenters. The molecule has 1 aromatic carbocycles. The zero-order valence-corrected chi connectivity index (χ0v) is 11.1. The number of primary amides is 1. The first-order chi connectivity index (χ1) is 8.43. The summed E-state index contributed by atoms with van der Waals surface area (Å²) in [5.41, 5.74) is 6.18. The fourth-order valence-corrected chi connectivity index (χ4v) is 2.06. The van der Waals surface area contributed by atoms with Crippen molar-refractivity contribution in [2.45, 2.75) is 12.5 Å². The first kappa shape index (κ1) is 14.2. The lowest BCUT2D eigenvalue weighted by atomic mass is 10.0. The van der Waals surface area contributed by atoms with E-state index in [2.05, 4.69) is 27.8 Å². The normalized spacial score (nSPS) is 11.6. The van der Waals surface area contributed by atoms with Crippen LogP contribution in [0.25, 0.3) is 0 Å². The van der Waals surface area contributed by atoms with Crippen LogP contribution in [-0.2, 0) is 0 Å². The molecule has 96 valence electrons. The summed E-state index contributed by atoms with van der Waals surface area (Å²) in [4.78, 5) is 21.9. The number of carbonyl (C=O) groups excluding carboxylic acids is 1. The van der Waals surface area contributed by atoms with E-state index < -0.39 is 18.0 Å². The minimum atomic E-state index is -1.14. The van der Waals surface area contributed by atoms with Crippen LogP contribution in [0.5, 0.6) is 0 Å². The molecule has 0 spiro atoms. The molecule has 0 bridgehead atoms. The fraction of sp³-hybridized carbons (Fsp3) is 0.167. The Morgan fingerprint density at radius 1 is 1.50 bits per heavy atom. The highest BCUT2D eigenvalue weighted by Crippen LogP contribution is 2.23. The average Bonchev–Trinajstić information content (AvgIpc) is 2.27. The van der Waals surface area contributed by atoms with Gasteiger partial charge in [0.1, 0.15) is 0 Å². The zero-order valence-electron chi connectivity index (χ0n) is 9.52. The third-order valence-electron chi connectivity index (χ3n) is 2.31. The molecule has 18 heavy (non-hydrogen) atoms. The lowest BCUT2D eigenvalue weighted by molar-refractivity contribution is 0.1000. The number of hydrogen-bond donors (Lipinski definition) is 3. The van der Waals surface area contributed by atoms with Gasteiger partial charge in [0.05, 0.1) is 6.04 Å². The van der Waals surface area contributed by atoms with Gasteiger partial charge in [0.2, 0.25) is 5.91 Å². The molecule has 4 N–H and O–H groups in total. The van der Waals surface area contributed by atoms with E-state index in [1.165, 1.54) is 0 Å². The molecule has 0 unspecified atom stereocenters. The third kappa shape index (κ3) is 3.89. The van der Waals surface area contributed by atoms with Gasteiger partial charge in [0.25, 0.3) is 0 Å². The zero-order chi connectivity index (χ0) is 13.7. The van der Waals surface area contributed by atoms with Gasteiger partial charge in [-0.25, -0.2) is 4.79 Å². The summed E-state index contributed by atoms with van der Waals surface area (Å²) < 4.78 is 0.662. The van der Waals surface area contributed by atoms with E-state index in [0.717, 1.165) is 0 Å². The van der Waals surface area contributed by atoms with Gasteiger partial charge in [-0.1, -0.05) is 22.0 Å². The fourth-order valence-electron chi connectivity index (χ4n) is 1.55. The van der Waals surface area contributed by atoms with Crippen LogP contribution >= 0.6 is 15.9 Å². The van der Waals surface area contributed by atoms with Gasteiger partial charge >= 0.3 is 6.09 Å². The van der Waals surface area contributed by atoms with E-state index in [1.807, 2.05) is 0 Å². The SMILES string of the molecule is C=CC[C@H](NC(=O)O)c1cc(Br)cc(C(N)=O)c1. The Morgan fingerprint density at radius 2 is 2.17 bits per heavy atom. The van der Waals surface area contributed by atoms with Crippen LogP contribution in [0.3, 0.4) is 0 Å². The molecule has 0 radical (unpaired) electrons. The second kappa shape index (κ2) is 6.20. The predicted octanol–water partition coefficient (Wildman–Crippen LogP) is 2.43. The van der Waals surface area contributed by atoms with Crippen LogP contribution < -0.4 is 11.1 Å². The number of rotatable bonds is 5. The summed E-state index contributed by atoms with van der Waals surface area (Å²) in [6.45, 7) is 3.58. The van der Waals surface area contributed by atoms with Crippen LogP contribution in [0.2, 0.25) is 0 Å². The maximum absolute atomic E-state index is 11.2. The van der Waals surface area contributed by atoms with Crippen LogP contribution in [0.15, 0.2) is 35.3 Å². The topological polar surface area (TPSA) is 92.4 Å². The molecule has 5 nitrogen and oxygen atoms in total. The van der Waals surface area contributed by atoms with Crippen molar-refractivity contribution in [3.05, 3.63) is 46.5 Å². The second-order valence-electron chi connectivity index (χ2n) is 3.66. The standard InChI is InChI=1S/C12H13BrN2O3/c1-2-3-10(15-12(17)18)7-4-8(11(14)16)6-9(13)5-7/h2,4-6,10,15H,1,3H2,(H2,14,16)(H,17,18)/t10-/m0/s1. The molecule has 0 heterocycles. The monoisotopic (exact) mass is 312 g/mol. The Bertz CT molecular complexity index is 488. The first-order valence-corrected chi connectivity index (χ1v) is 5.94. The largest absolute Gasteiger partial charge is 0.465 e. The first-order valence-electron chi connectivity index (χ1n) is 5.14. The summed E-state index contributed by atoms with van der Waals surface area (Å²) in [5.74, 6) is -0.565. The maximum Gasteiger partial charge on any atom is 0.405 e. The highest BCUT2D eigenvalue weighted by atomic mass is 79.9. The molecule has 2 amide bonds. The number of hydrogen-bond acceptors (Lipinski definition) is 2. The lowest BCUT2D eigenvalue weighted by Crippen LogP contribution is -2.26. The lowest BCUT2D eigenvalue weighted by Gasteiger charge is -2.16. The van der Waals surface area contributed by atoms with Crippen molar-refractivity contribution in [1.82, 2.24) is 5.32 Å². The van der Waals surface area contributed by atoms with E-state index in [-0.39, 0.29) is 0 Å². The van der Waals surface area contributed by atoms with E-state index in [9.17, 15) is 9.59 Å². The molecule has 0 aliphatic heterocycles. The number of nitrogens with one attached hydrogen (secondary N) is 1. The molecule has 0 saturated heterocycles. The Balaban J connectivity index is 3.14. The van der Waals surface area contributed by atoms with Gasteiger partial charge in [-0.2, -0.15) is 0 Å². The van der Waals surface area contributed by atoms with Crippen molar-refractivity contribution in [3.63, 3.8) is 0 Å². The highest BCUT2D eigenvalue weighted by molar-refractivity contribution is 9.10. The van der Waals surface area contributed by atoms with Gasteiger partial charge in [0.15, 0.2) is 0 Å². The summed E-state index contributed by atoms with van der Waals surface area (Å²) in [5, 5.41) is 11.1. The minimum absolute atomic E-state index is 0.320. The van der Waals surface area contributed by atoms with Crippen molar-refractivity contribution in [2.75, 3.05) is 0 Å². The molecular formula is C12H13BrN2O3. The summed E-state index contributed by atoms with van der Waals surface area (Å²) in [6, 6.07) is 4.42. The number of carbonyl (C=O) groups is 2. The molecule has 6 heteroatoms. The minimum Gasteiger partial charge on any atom is -0.465 e. The molecule has 0 aliphatic rings. The van der Waals surface area contributed by atoms with Gasteiger partial charge in [-0.3, -0.25) is 4.79 Å². The van der Waals surface area contributed by atoms with Crippen LogP contribution in [-0.4, -0.2) is 17.1 Å². The number of benzene rings is 1. The van der Waals surface area contributed by atoms with Gasteiger partial charge in [0, 0.05) is 10.0 Å².